The van der Waals surface area contributed by atoms with Gasteiger partial charge in [-0.05, 0) is 68.5 Å². The highest BCUT2D eigenvalue weighted by Gasteiger charge is 2.21. The summed E-state index contributed by atoms with van der Waals surface area (Å²) >= 11 is 0. The Bertz CT molecular complexity index is 1060. The van der Waals surface area contributed by atoms with E-state index in [1.54, 1.807) is 30.3 Å². The third-order valence-corrected chi connectivity index (χ3v) is 5.26. The molecule has 150 valence electrons. The van der Waals surface area contributed by atoms with Gasteiger partial charge in [-0.3, -0.25) is 9.59 Å². The van der Waals surface area contributed by atoms with Crippen molar-refractivity contribution >= 4 is 28.5 Å². The second-order valence-electron chi connectivity index (χ2n) is 7.53. The number of ether oxygens (including phenoxy) is 1. The maximum atomic E-state index is 12.9. The van der Waals surface area contributed by atoms with Crippen molar-refractivity contribution in [1.29, 1.82) is 0 Å². The number of nitrogens with two attached hydrogens (primary N) is 1. The van der Waals surface area contributed by atoms with Crippen molar-refractivity contribution in [3.05, 3.63) is 59.4 Å². The highest BCUT2D eigenvalue weighted by Crippen LogP contribution is 2.32. The average Bonchev–Trinajstić information content (AvgIpc) is 3.06. The van der Waals surface area contributed by atoms with Gasteiger partial charge in [0, 0.05) is 10.9 Å². The van der Waals surface area contributed by atoms with E-state index in [4.69, 9.17) is 14.9 Å². The van der Waals surface area contributed by atoms with Crippen molar-refractivity contribution in [1.82, 2.24) is 0 Å². The molecule has 6 nitrogen and oxygen atoms in total. The molecule has 2 amide bonds. The highest BCUT2D eigenvalue weighted by molar-refractivity contribution is 6.14. The molecule has 0 aliphatic heterocycles. The zero-order valence-electron chi connectivity index (χ0n) is 16.4. The second kappa shape index (κ2) is 7.99. The number of carbonyl (C=O) groups excluding carboxylic acids is 2. The molecular weight excluding hydrogens is 368 g/mol. The maximum Gasteiger partial charge on any atom is 0.286 e. The van der Waals surface area contributed by atoms with Gasteiger partial charge in [-0.2, -0.15) is 0 Å². The van der Waals surface area contributed by atoms with E-state index in [2.05, 4.69) is 5.32 Å². The van der Waals surface area contributed by atoms with Gasteiger partial charge in [-0.1, -0.05) is 18.6 Å². The van der Waals surface area contributed by atoms with Crippen LogP contribution in [0.1, 0.15) is 58.6 Å². The van der Waals surface area contributed by atoms with Crippen LogP contribution in [0.4, 0.5) is 5.69 Å². The summed E-state index contributed by atoms with van der Waals surface area (Å²) in [4.78, 5) is 24.7. The second-order valence-corrected chi connectivity index (χ2v) is 7.53. The Labute approximate surface area is 169 Å². The molecular formula is C23H24N2O4. The molecule has 0 spiro atoms. The standard InChI is InChI=1S/C23H24N2O4/c1-14-10-11-18-19(12-14)29-21(22(24)26)20(18)25-23(27)15-6-5-9-17(13-15)28-16-7-3-2-4-8-16/h5-6,9-13,16H,2-4,7-8H2,1H3,(H2,24,26)(H,25,27). The van der Waals surface area contributed by atoms with Gasteiger partial charge in [0.05, 0.1) is 6.10 Å². The third-order valence-electron chi connectivity index (χ3n) is 5.26. The summed E-state index contributed by atoms with van der Waals surface area (Å²) in [5.41, 5.74) is 7.67. The van der Waals surface area contributed by atoms with Gasteiger partial charge >= 0.3 is 0 Å². The van der Waals surface area contributed by atoms with E-state index < -0.39 is 5.91 Å². The van der Waals surface area contributed by atoms with Crippen LogP contribution in [0, 0.1) is 6.92 Å². The minimum absolute atomic E-state index is 0.0615. The monoisotopic (exact) mass is 392 g/mol. The smallest absolute Gasteiger partial charge is 0.286 e. The number of amides is 2. The summed E-state index contributed by atoms with van der Waals surface area (Å²) in [6.07, 6.45) is 5.88. The van der Waals surface area contributed by atoms with Gasteiger partial charge in [0.25, 0.3) is 11.8 Å². The van der Waals surface area contributed by atoms with Crippen molar-refractivity contribution in [3.8, 4) is 5.75 Å². The van der Waals surface area contributed by atoms with E-state index in [-0.39, 0.29) is 23.5 Å². The van der Waals surface area contributed by atoms with Crippen LogP contribution in [0.15, 0.2) is 46.9 Å². The molecule has 1 aliphatic carbocycles. The molecule has 6 heteroatoms. The SMILES string of the molecule is Cc1ccc2c(NC(=O)c3cccc(OC4CCCCC4)c3)c(C(N)=O)oc2c1. The highest BCUT2D eigenvalue weighted by atomic mass is 16.5. The van der Waals surface area contributed by atoms with Crippen molar-refractivity contribution < 1.29 is 18.7 Å². The molecule has 0 bridgehead atoms. The topological polar surface area (TPSA) is 94.6 Å². The predicted molar refractivity (Wildman–Crippen MR) is 111 cm³/mol. The molecule has 0 atom stereocenters. The van der Waals surface area contributed by atoms with E-state index in [0.717, 1.165) is 18.4 Å². The number of fused-ring (bicyclic) bond motifs is 1. The van der Waals surface area contributed by atoms with Gasteiger partial charge in [0.1, 0.15) is 17.0 Å². The van der Waals surface area contributed by atoms with Gasteiger partial charge < -0.3 is 20.2 Å². The molecule has 1 aliphatic rings. The van der Waals surface area contributed by atoms with Crippen LogP contribution in [0.5, 0.6) is 5.75 Å². The van der Waals surface area contributed by atoms with Crippen LogP contribution in [-0.2, 0) is 0 Å². The first kappa shape index (κ1) is 19.1. The predicted octanol–water partition coefficient (Wildman–Crippen LogP) is 4.80. The number of primary amides is 1. The lowest BCUT2D eigenvalue weighted by Crippen LogP contribution is -2.20. The Morgan fingerprint density at radius 1 is 1.10 bits per heavy atom. The Morgan fingerprint density at radius 2 is 1.90 bits per heavy atom. The van der Waals surface area contributed by atoms with Crippen molar-refractivity contribution in [2.24, 2.45) is 5.73 Å². The number of benzene rings is 2. The van der Waals surface area contributed by atoms with Crippen LogP contribution in [0.3, 0.4) is 0 Å². The zero-order valence-corrected chi connectivity index (χ0v) is 16.4. The summed E-state index contributed by atoms with van der Waals surface area (Å²) in [7, 11) is 0. The lowest BCUT2D eigenvalue weighted by molar-refractivity contribution is 0.0977. The largest absolute Gasteiger partial charge is 0.490 e. The fourth-order valence-corrected chi connectivity index (χ4v) is 3.77. The Kier molecular flexibility index (Phi) is 5.25. The molecule has 0 saturated heterocycles. The Morgan fingerprint density at radius 3 is 2.66 bits per heavy atom. The molecule has 2 aromatic carbocycles. The summed E-state index contributed by atoms with van der Waals surface area (Å²) in [5.74, 6) is -0.477. The Hall–Kier alpha value is -3.28. The van der Waals surface area contributed by atoms with Crippen LogP contribution in [-0.4, -0.2) is 17.9 Å². The third kappa shape index (κ3) is 4.11. The quantitative estimate of drug-likeness (QED) is 0.652. The fraction of sp³-hybridized carbons (Fsp3) is 0.304. The van der Waals surface area contributed by atoms with E-state index in [1.165, 1.54) is 19.3 Å². The lowest BCUT2D eigenvalue weighted by atomic mass is 9.98. The van der Waals surface area contributed by atoms with Gasteiger partial charge in [-0.15, -0.1) is 0 Å². The van der Waals surface area contributed by atoms with Crippen LogP contribution < -0.4 is 15.8 Å². The molecule has 1 heterocycles. The van der Waals surface area contributed by atoms with E-state index in [9.17, 15) is 9.59 Å². The van der Waals surface area contributed by atoms with E-state index in [0.29, 0.717) is 22.3 Å². The molecule has 1 aromatic heterocycles. The first-order valence-corrected chi connectivity index (χ1v) is 9.92. The minimum Gasteiger partial charge on any atom is -0.490 e. The molecule has 3 N–H and O–H groups in total. The maximum absolute atomic E-state index is 12.9. The number of carbonyl (C=O) groups is 2. The van der Waals surface area contributed by atoms with Crippen LogP contribution in [0.2, 0.25) is 0 Å². The number of rotatable bonds is 5. The number of aryl methyl sites for hydroxylation is 1. The number of hydrogen-bond acceptors (Lipinski definition) is 4. The number of furan rings is 1. The summed E-state index contributed by atoms with van der Waals surface area (Å²) < 4.78 is 11.6. The molecule has 0 unspecified atom stereocenters. The minimum atomic E-state index is -0.733. The molecule has 29 heavy (non-hydrogen) atoms. The summed E-state index contributed by atoms with van der Waals surface area (Å²) in [6, 6.07) is 12.6. The molecule has 1 saturated carbocycles. The summed E-state index contributed by atoms with van der Waals surface area (Å²) in [5, 5.41) is 3.42. The molecule has 0 radical (unpaired) electrons. The summed E-state index contributed by atoms with van der Waals surface area (Å²) in [6.45, 7) is 1.92. The molecule has 1 fully saturated rings. The van der Waals surface area contributed by atoms with Crippen LogP contribution in [0.25, 0.3) is 11.0 Å². The number of anilines is 1. The zero-order chi connectivity index (χ0) is 20.4. The average molecular weight is 392 g/mol. The number of nitrogens with one attached hydrogen (secondary N) is 1. The lowest BCUT2D eigenvalue weighted by Gasteiger charge is -2.23. The van der Waals surface area contributed by atoms with Gasteiger partial charge in [-0.25, -0.2) is 0 Å². The normalized spacial score (nSPS) is 14.7. The molecule has 4 rings (SSSR count). The fourth-order valence-electron chi connectivity index (χ4n) is 3.77. The van der Waals surface area contributed by atoms with Crippen molar-refractivity contribution in [3.63, 3.8) is 0 Å². The van der Waals surface area contributed by atoms with Gasteiger partial charge in [0.2, 0.25) is 5.76 Å². The van der Waals surface area contributed by atoms with Crippen LogP contribution >= 0.6 is 0 Å². The van der Waals surface area contributed by atoms with Crippen molar-refractivity contribution in [2.45, 2.75) is 45.1 Å². The first-order valence-electron chi connectivity index (χ1n) is 9.92. The van der Waals surface area contributed by atoms with E-state index in [1.807, 2.05) is 19.1 Å². The number of hydrogen-bond donors (Lipinski definition) is 2. The first-order chi connectivity index (χ1) is 14.0. The van der Waals surface area contributed by atoms with Gasteiger partial charge in [0.15, 0.2) is 0 Å². The molecule has 3 aromatic rings. The van der Waals surface area contributed by atoms with Crippen molar-refractivity contribution in [2.75, 3.05) is 5.32 Å². The van der Waals surface area contributed by atoms with E-state index >= 15 is 0 Å². The Balaban J connectivity index is 1.59.